The topological polar surface area (TPSA) is 85.7 Å². The monoisotopic (exact) mass is 422 g/mol. The van der Waals surface area contributed by atoms with Gasteiger partial charge in [0.15, 0.2) is 0 Å². The second kappa shape index (κ2) is 9.77. The summed E-state index contributed by atoms with van der Waals surface area (Å²) in [5.41, 5.74) is 5.03. The highest BCUT2D eigenvalue weighted by Crippen LogP contribution is 2.30. The number of alkyl carbamates (subject to hydrolysis) is 1. The van der Waals surface area contributed by atoms with Crippen LogP contribution < -0.4 is 5.32 Å². The Morgan fingerprint density at radius 3 is 2.68 bits per heavy atom. The molecule has 2 atom stereocenters. The molecule has 0 saturated carbocycles. The summed E-state index contributed by atoms with van der Waals surface area (Å²) < 4.78 is 5.50. The van der Waals surface area contributed by atoms with Gasteiger partial charge in [-0.25, -0.2) is 10.0 Å². The van der Waals surface area contributed by atoms with Crippen molar-refractivity contribution in [3.63, 3.8) is 0 Å². The maximum absolute atomic E-state index is 12.5. The van der Waals surface area contributed by atoms with Crippen molar-refractivity contribution in [3.8, 4) is 0 Å². The number of carbonyl (C=O) groups is 1. The number of amides is 1. The fraction of sp³-hybridized carbons (Fsp3) is 0.400. The maximum atomic E-state index is 12.5. The lowest BCUT2D eigenvalue weighted by Gasteiger charge is -2.26. The van der Waals surface area contributed by atoms with E-state index in [1.807, 2.05) is 39.8 Å². The fourth-order valence-electron chi connectivity index (χ4n) is 3.60. The van der Waals surface area contributed by atoms with E-state index in [9.17, 15) is 4.79 Å². The van der Waals surface area contributed by atoms with Crippen LogP contribution in [0.1, 0.15) is 62.2 Å². The first kappa shape index (κ1) is 22.5. The molecule has 0 radical (unpaired) electrons. The minimum Gasteiger partial charge on any atom is -0.444 e. The van der Waals surface area contributed by atoms with Crippen LogP contribution in [-0.2, 0) is 4.74 Å². The number of aromatic amines is 3. The lowest BCUT2D eigenvalue weighted by Crippen LogP contribution is -2.36. The molecule has 1 aromatic carbocycles. The van der Waals surface area contributed by atoms with E-state index in [1.165, 1.54) is 16.7 Å². The highest BCUT2D eigenvalue weighted by atomic mass is 16.6. The largest absolute Gasteiger partial charge is 0.444 e. The first-order valence-corrected chi connectivity index (χ1v) is 10.8. The van der Waals surface area contributed by atoms with E-state index in [1.54, 1.807) is 0 Å². The van der Waals surface area contributed by atoms with Crippen LogP contribution in [0.15, 0.2) is 54.6 Å². The van der Waals surface area contributed by atoms with Gasteiger partial charge >= 0.3 is 6.09 Å². The molecule has 166 valence electrons. The van der Waals surface area contributed by atoms with Crippen LogP contribution in [-0.4, -0.2) is 27.1 Å². The van der Waals surface area contributed by atoms with Gasteiger partial charge in [0.25, 0.3) is 0 Å². The Bertz CT molecular complexity index is 999. The zero-order chi connectivity index (χ0) is 22.4. The van der Waals surface area contributed by atoms with E-state index in [0.29, 0.717) is 5.92 Å². The van der Waals surface area contributed by atoms with Crippen molar-refractivity contribution in [2.75, 3.05) is 0 Å². The van der Waals surface area contributed by atoms with Crippen molar-refractivity contribution in [3.05, 3.63) is 77.1 Å². The summed E-state index contributed by atoms with van der Waals surface area (Å²) in [5.74, 6) is 0.303. The molecule has 1 heterocycles. The zero-order valence-electron chi connectivity index (χ0n) is 19.1. The molecule has 6 heteroatoms. The van der Waals surface area contributed by atoms with Gasteiger partial charge in [0.2, 0.25) is 0 Å². The van der Waals surface area contributed by atoms with Gasteiger partial charge in [-0.2, -0.15) is 0 Å². The van der Waals surface area contributed by atoms with Crippen molar-refractivity contribution in [2.24, 2.45) is 5.92 Å². The minimum absolute atomic E-state index is 0.227. The molecule has 1 aliphatic rings. The average Bonchev–Trinajstić information content (AvgIpc) is 2.91. The molecular weight excluding hydrogens is 388 g/mol. The molecule has 31 heavy (non-hydrogen) atoms. The van der Waals surface area contributed by atoms with Gasteiger partial charge in [-0.3, -0.25) is 10.2 Å². The molecule has 4 N–H and O–H groups in total. The lowest BCUT2D eigenvalue weighted by atomic mass is 9.88. The third kappa shape index (κ3) is 6.95. The summed E-state index contributed by atoms with van der Waals surface area (Å²) in [4.78, 5) is 12.5. The van der Waals surface area contributed by atoms with E-state index >= 15 is 0 Å². The van der Waals surface area contributed by atoms with Crippen LogP contribution in [0.5, 0.6) is 0 Å². The van der Waals surface area contributed by atoms with Crippen LogP contribution >= 0.6 is 0 Å². The minimum atomic E-state index is -0.549. The number of rotatable bonds is 5. The Balaban J connectivity index is 1.75. The molecule has 1 amide bonds. The summed E-state index contributed by atoms with van der Waals surface area (Å²) in [6.07, 6.45) is 7.95. The predicted molar refractivity (Wildman–Crippen MR) is 125 cm³/mol. The van der Waals surface area contributed by atoms with Crippen LogP contribution in [0.3, 0.4) is 0 Å². The smallest absolute Gasteiger partial charge is 0.408 e. The first-order valence-electron chi connectivity index (χ1n) is 10.8. The van der Waals surface area contributed by atoms with Crippen LogP contribution in [0.4, 0.5) is 4.79 Å². The van der Waals surface area contributed by atoms with Crippen molar-refractivity contribution in [2.45, 2.75) is 59.1 Å². The summed E-state index contributed by atoms with van der Waals surface area (Å²) in [7, 11) is 0. The molecular formula is C25H34N4O2. The van der Waals surface area contributed by atoms with Crippen molar-refractivity contribution in [1.29, 1.82) is 0 Å². The lowest BCUT2D eigenvalue weighted by molar-refractivity contribution is 0.0496. The number of H-pyrrole nitrogens is 3. The van der Waals surface area contributed by atoms with Crippen LogP contribution in [0.25, 0.3) is 5.57 Å². The summed E-state index contributed by atoms with van der Waals surface area (Å²) in [5, 5.41) is 12.2. The molecule has 3 rings (SSSR count). The summed E-state index contributed by atoms with van der Waals surface area (Å²) in [6.45, 7) is 9.67. The van der Waals surface area contributed by atoms with Gasteiger partial charge in [0, 0.05) is 5.69 Å². The molecule has 1 aromatic heterocycles. The first-order chi connectivity index (χ1) is 14.7. The van der Waals surface area contributed by atoms with Gasteiger partial charge in [0.1, 0.15) is 5.60 Å². The highest BCUT2D eigenvalue weighted by molar-refractivity contribution is 5.75. The number of nitrogens with one attached hydrogen (secondary N) is 4. The number of carbonyl (C=O) groups excluding carboxylic acids is 1. The number of benzene rings is 1. The Hall–Kier alpha value is -3.15. The number of aromatic nitrogens is 3. The van der Waals surface area contributed by atoms with E-state index in [2.05, 4.69) is 70.1 Å². The zero-order valence-corrected chi connectivity index (χ0v) is 19.1. The molecule has 0 fully saturated rings. The quantitative estimate of drug-likeness (QED) is 0.474. The van der Waals surface area contributed by atoms with Gasteiger partial charge in [-0.15, -0.1) is 0 Å². The number of hydrogen-bond acceptors (Lipinski definition) is 2. The SMILES string of the molecule is Cc1cccc(C2=CCC(CC(NC(=O)OC(C)(C)C)c3ccc(C)[nH][nH][nH]3)C=C2)c1. The second-order valence-corrected chi connectivity index (χ2v) is 9.17. The molecule has 1 aliphatic carbocycles. The third-order valence-electron chi connectivity index (χ3n) is 5.12. The molecule has 0 spiro atoms. The van der Waals surface area contributed by atoms with Gasteiger partial charge < -0.3 is 10.1 Å². The Morgan fingerprint density at radius 2 is 2.00 bits per heavy atom. The number of hydrogen-bond donors (Lipinski definition) is 4. The van der Waals surface area contributed by atoms with Gasteiger partial charge in [-0.1, -0.05) is 48.1 Å². The number of ether oxygens (including phenoxy) is 1. The average molecular weight is 423 g/mol. The van der Waals surface area contributed by atoms with Gasteiger partial charge in [-0.05, 0) is 76.6 Å². The summed E-state index contributed by atoms with van der Waals surface area (Å²) in [6, 6.07) is 12.3. The number of allylic oxidation sites excluding steroid dienone is 4. The van der Waals surface area contributed by atoms with Crippen molar-refractivity contribution in [1.82, 2.24) is 20.7 Å². The van der Waals surface area contributed by atoms with Crippen molar-refractivity contribution >= 4 is 11.7 Å². The van der Waals surface area contributed by atoms with E-state index in [4.69, 9.17) is 4.74 Å². The highest BCUT2D eigenvalue weighted by Gasteiger charge is 2.23. The van der Waals surface area contributed by atoms with E-state index < -0.39 is 11.7 Å². The third-order valence-corrected chi connectivity index (χ3v) is 5.12. The van der Waals surface area contributed by atoms with Crippen LogP contribution in [0, 0.1) is 19.8 Å². The van der Waals surface area contributed by atoms with Crippen molar-refractivity contribution < 1.29 is 9.53 Å². The molecule has 2 unspecified atom stereocenters. The normalized spacial score (nSPS) is 16.9. The molecule has 2 aromatic rings. The standard InChI is InChI=1S/C25H34N4O2/c1-17-7-6-8-21(15-17)20-12-10-19(11-13-20)16-23(26-24(30)31-25(3,4)5)22-14-9-18(2)27-29-28-22/h6-10,12-15,19,23,27-29H,11,16H2,1-5H3,(H,26,30). The maximum Gasteiger partial charge on any atom is 0.408 e. The van der Waals surface area contributed by atoms with Crippen LogP contribution in [0.2, 0.25) is 0 Å². The van der Waals surface area contributed by atoms with E-state index in [-0.39, 0.29) is 6.04 Å². The Kier molecular flexibility index (Phi) is 7.10. The second-order valence-electron chi connectivity index (χ2n) is 9.17. The molecule has 0 aliphatic heterocycles. The van der Waals surface area contributed by atoms with E-state index in [0.717, 1.165) is 24.2 Å². The van der Waals surface area contributed by atoms with Gasteiger partial charge in [0.05, 0.1) is 11.7 Å². The predicted octanol–water partition coefficient (Wildman–Crippen LogP) is 6.03. The molecule has 0 saturated heterocycles. The fourth-order valence-corrected chi connectivity index (χ4v) is 3.60. The molecule has 6 nitrogen and oxygen atoms in total. The molecule has 0 bridgehead atoms. The Morgan fingerprint density at radius 1 is 1.19 bits per heavy atom. The number of aryl methyl sites for hydroxylation is 2. The summed E-state index contributed by atoms with van der Waals surface area (Å²) >= 11 is 0. The Labute approximate surface area is 184 Å².